The summed E-state index contributed by atoms with van der Waals surface area (Å²) in [6.45, 7) is 0. The van der Waals surface area contributed by atoms with Crippen LogP contribution in [0.25, 0.3) is 22.3 Å². The van der Waals surface area contributed by atoms with Crippen LogP contribution in [0.15, 0.2) is 59.4 Å². The molecular formula is C26H25N3O5. The van der Waals surface area contributed by atoms with Gasteiger partial charge in [-0.15, -0.1) is 0 Å². The summed E-state index contributed by atoms with van der Waals surface area (Å²) in [5, 5.41) is 0.368. The van der Waals surface area contributed by atoms with Crippen molar-refractivity contribution in [2.24, 2.45) is 7.05 Å². The lowest BCUT2D eigenvalue weighted by molar-refractivity contribution is 0.0983. The summed E-state index contributed by atoms with van der Waals surface area (Å²) in [4.78, 5) is 34.9. The number of nitrogens with zero attached hydrogens (tertiary/aromatic N) is 3. The number of ether oxygens (including phenoxy) is 3. The van der Waals surface area contributed by atoms with Crippen molar-refractivity contribution in [2.45, 2.75) is 12.8 Å². The Morgan fingerprint density at radius 2 is 1.50 bits per heavy atom. The van der Waals surface area contributed by atoms with Gasteiger partial charge in [-0.2, -0.15) is 4.98 Å². The standard InChI is InChI=1S/C26H25N3O5/c1-29-25(31)21-15-18(9-14-22(30)16-5-10-19(32-2)11-6-16)23(27-24(21)28-26(29)34-4)17-7-12-20(33-3)13-8-17/h5-8,10-13,15H,9,14H2,1-4H3. The summed E-state index contributed by atoms with van der Waals surface area (Å²) in [5.74, 6) is 1.40. The average molecular weight is 460 g/mol. The van der Waals surface area contributed by atoms with Crippen LogP contribution in [0, 0.1) is 0 Å². The Balaban J connectivity index is 1.76. The highest BCUT2D eigenvalue weighted by molar-refractivity contribution is 5.96. The minimum Gasteiger partial charge on any atom is -0.497 e. The van der Waals surface area contributed by atoms with Crippen molar-refractivity contribution in [1.82, 2.24) is 14.5 Å². The Morgan fingerprint density at radius 1 is 0.882 bits per heavy atom. The molecule has 0 radical (unpaired) electrons. The lowest BCUT2D eigenvalue weighted by Gasteiger charge is -2.13. The molecule has 0 unspecified atom stereocenters. The number of methoxy groups -OCH3 is 3. The topological polar surface area (TPSA) is 92.5 Å². The van der Waals surface area contributed by atoms with Crippen molar-refractivity contribution in [3.8, 4) is 28.8 Å². The SMILES string of the molecule is COc1ccc(C(=O)CCc2cc3c(=O)n(C)c(OC)nc3nc2-c2ccc(OC)cc2)cc1. The van der Waals surface area contributed by atoms with E-state index < -0.39 is 0 Å². The first-order valence-corrected chi connectivity index (χ1v) is 10.7. The van der Waals surface area contributed by atoms with Crippen LogP contribution in [0.2, 0.25) is 0 Å². The number of hydrogen-bond donors (Lipinski definition) is 0. The predicted octanol–water partition coefficient (Wildman–Crippen LogP) is 3.84. The molecule has 2 aromatic heterocycles. The van der Waals surface area contributed by atoms with E-state index in [0.29, 0.717) is 28.8 Å². The predicted molar refractivity (Wildman–Crippen MR) is 129 cm³/mol. The van der Waals surface area contributed by atoms with E-state index in [1.807, 2.05) is 24.3 Å². The van der Waals surface area contributed by atoms with Gasteiger partial charge < -0.3 is 14.2 Å². The van der Waals surface area contributed by atoms with E-state index in [1.165, 1.54) is 11.7 Å². The largest absolute Gasteiger partial charge is 0.497 e. The molecule has 8 nitrogen and oxygen atoms in total. The minimum atomic E-state index is -0.265. The molecule has 2 heterocycles. The lowest BCUT2D eigenvalue weighted by atomic mass is 9.98. The van der Waals surface area contributed by atoms with E-state index in [4.69, 9.17) is 19.2 Å². The summed E-state index contributed by atoms with van der Waals surface area (Å²) in [7, 11) is 6.24. The first-order valence-electron chi connectivity index (χ1n) is 10.7. The van der Waals surface area contributed by atoms with Crippen LogP contribution < -0.4 is 19.8 Å². The van der Waals surface area contributed by atoms with Gasteiger partial charge in [0, 0.05) is 24.6 Å². The number of aryl methyl sites for hydroxylation is 1. The normalized spacial score (nSPS) is 10.8. The van der Waals surface area contributed by atoms with Gasteiger partial charge in [-0.05, 0) is 66.6 Å². The molecule has 0 saturated carbocycles. The maximum absolute atomic E-state index is 12.9. The third kappa shape index (κ3) is 4.47. The number of pyridine rings is 1. The molecule has 0 atom stereocenters. The van der Waals surface area contributed by atoms with Crippen molar-refractivity contribution < 1.29 is 19.0 Å². The number of fused-ring (bicyclic) bond motifs is 1. The smallest absolute Gasteiger partial charge is 0.300 e. The number of rotatable bonds is 8. The molecular weight excluding hydrogens is 434 g/mol. The first-order chi connectivity index (χ1) is 16.4. The van der Waals surface area contributed by atoms with Crippen molar-refractivity contribution in [3.05, 3.63) is 76.1 Å². The van der Waals surface area contributed by atoms with Crippen LogP contribution in [-0.4, -0.2) is 41.6 Å². The molecule has 0 amide bonds. The summed E-state index contributed by atoms with van der Waals surface area (Å²) in [6, 6.07) is 16.4. The fraction of sp³-hybridized carbons (Fsp3) is 0.231. The maximum atomic E-state index is 12.9. The molecule has 0 aliphatic heterocycles. The Labute approximate surface area is 196 Å². The highest BCUT2D eigenvalue weighted by Crippen LogP contribution is 2.28. The second-order valence-corrected chi connectivity index (χ2v) is 7.71. The molecule has 4 rings (SSSR count). The van der Waals surface area contributed by atoms with Crippen LogP contribution in [0.5, 0.6) is 17.5 Å². The van der Waals surface area contributed by atoms with Crippen molar-refractivity contribution >= 4 is 16.8 Å². The fourth-order valence-electron chi connectivity index (χ4n) is 3.76. The van der Waals surface area contributed by atoms with Gasteiger partial charge in [0.25, 0.3) is 5.56 Å². The molecule has 34 heavy (non-hydrogen) atoms. The zero-order valence-corrected chi connectivity index (χ0v) is 19.5. The van der Waals surface area contributed by atoms with Gasteiger partial charge in [0.1, 0.15) is 11.5 Å². The van der Waals surface area contributed by atoms with Gasteiger partial charge in [-0.3, -0.25) is 14.2 Å². The van der Waals surface area contributed by atoms with Gasteiger partial charge in [0.05, 0.1) is 32.4 Å². The Bertz CT molecular complexity index is 1390. The van der Waals surface area contributed by atoms with Crippen LogP contribution in [0.1, 0.15) is 22.3 Å². The molecule has 4 aromatic rings. The second-order valence-electron chi connectivity index (χ2n) is 7.71. The Kier molecular flexibility index (Phi) is 6.58. The average Bonchev–Trinajstić information content (AvgIpc) is 2.89. The number of hydrogen-bond acceptors (Lipinski definition) is 7. The summed E-state index contributed by atoms with van der Waals surface area (Å²) < 4.78 is 17.0. The van der Waals surface area contributed by atoms with Crippen molar-refractivity contribution in [3.63, 3.8) is 0 Å². The van der Waals surface area contributed by atoms with Crippen molar-refractivity contribution in [2.75, 3.05) is 21.3 Å². The third-order valence-corrected chi connectivity index (χ3v) is 5.68. The van der Waals surface area contributed by atoms with E-state index in [1.54, 1.807) is 51.6 Å². The van der Waals surface area contributed by atoms with Gasteiger partial charge in [0.2, 0.25) is 0 Å². The van der Waals surface area contributed by atoms with E-state index >= 15 is 0 Å². The quantitative estimate of drug-likeness (QED) is 0.370. The van der Waals surface area contributed by atoms with E-state index in [9.17, 15) is 9.59 Å². The summed E-state index contributed by atoms with van der Waals surface area (Å²) in [6.07, 6.45) is 0.664. The molecule has 8 heteroatoms. The second kappa shape index (κ2) is 9.74. The molecule has 0 aliphatic rings. The van der Waals surface area contributed by atoms with Crippen LogP contribution in [-0.2, 0) is 13.5 Å². The van der Waals surface area contributed by atoms with Gasteiger partial charge in [-0.25, -0.2) is 4.98 Å². The Hall–Kier alpha value is -4.20. The summed E-state index contributed by atoms with van der Waals surface area (Å²) >= 11 is 0. The zero-order valence-electron chi connectivity index (χ0n) is 19.5. The monoisotopic (exact) mass is 459 g/mol. The number of aromatic nitrogens is 3. The van der Waals surface area contributed by atoms with Crippen LogP contribution in [0.3, 0.4) is 0 Å². The molecule has 0 aliphatic carbocycles. The van der Waals surface area contributed by atoms with Crippen LogP contribution >= 0.6 is 0 Å². The number of ketones is 1. The lowest BCUT2D eigenvalue weighted by Crippen LogP contribution is -2.21. The number of benzene rings is 2. The van der Waals surface area contributed by atoms with Crippen LogP contribution in [0.4, 0.5) is 0 Å². The molecule has 0 fully saturated rings. The minimum absolute atomic E-state index is 0.0100. The highest BCUT2D eigenvalue weighted by Gasteiger charge is 2.17. The zero-order chi connectivity index (χ0) is 24.2. The van der Waals surface area contributed by atoms with E-state index in [-0.39, 0.29) is 29.4 Å². The Morgan fingerprint density at radius 3 is 2.09 bits per heavy atom. The van der Waals surface area contributed by atoms with E-state index in [0.717, 1.165) is 16.9 Å². The van der Waals surface area contributed by atoms with Gasteiger partial charge in [-0.1, -0.05) is 0 Å². The number of carbonyl (C=O) groups is 1. The molecule has 174 valence electrons. The molecule has 0 N–H and O–H groups in total. The molecule has 0 saturated heterocycles. The maximum Gasteiger partial charge on any atom is 0.300 e. The fourth-order valence-corrected chi connectivity index (χ4v) is 3.76. The molecule has 0 spiro atoms. The summed E-state index contributed by atoms with van der Waals surface area (Å²) in [5.41, 5.74) is 2.89. The number of Topliss-reactive ketones (excluding diaryl/α,β-unsaturated/α-hetero) is 1. The van der Waals surface area contributed by atoms with E-state index in [2.05, 4.69) is 4.98 Å². The van der Waals surface area contributed by atoms with Gasteiger partial charge in [0.15, 0.2) is 11.4 Å². The van der Waals surface area contributed by atoms with Gasteiger partial charge >= 0.3 is 6.01 Å². The number of carbonyl (C=O) groups excluding carboxylic acids is 1. The third-order valence-electron chi connectivity index (χ3n) is 5.68. The first kappa shape index (κ1) is 23.0. The molecule has 2 aromatic carbocycles. The molecule has 0 bridgehead atoms. The highest BCUT2D eigenvalue weighted by atomic mass is 16.5. The van der Waals surface area contributed by atoms with Crippen molar-refractivity contribution in [1.29, 1.82) is 0 Å².